The molecule has 0 bridgehead atoms. The molecule has 0 amide bonds. The van der Waals surface area contributed by atoms with Gasteiger partial charge in [0, 0.05) is 0 Å². The lowest BCUT2D eigenvalue weighted by atomic mass is 9.69. The molecule has 1 heteroatoms. The number of aliphatic hydroxyl groups is 1. The summed E-state index contributed by atoms with van der Waals surface area (Å²) in [5.74, 6) is 2.58. The molecule has 2 aliphatic rings. The van der Waals surface area contributed by atoms with E-state index in [2.05, 4.69) is 38.1 Å². The second-order valence-corrected chi connectivity index (χ2v) is 7.44. The first-order valence-corrected chi connectivity index (χ1v) is 8.38. The highest BCUT2D eigenvalue weighted by Crippen LogP contribution is 2.39. The maximum atomic E-state index is 10.9. The van der Waals surface area contributed by atoms with Gasteiger partial charge in [0.2, 0.25) is 0 Å². The van der Waals surface area contributed by atoms with E-state index in [0.717, 1.165) is 31.1 Å². The zero-order chi connectivity index (χ0) is 14.1. The van der Waals surface area contributed by atoms with Crippen molar-refractivity contribution < 1.29 is 5.11 Å². The summed E-state index contributed by atoms with van der Waals surface area (Å²) in [5, 5.41) is 10.9. The standard InChI is InChI=1S/C19H28O/c1-13-9-14(2)11-18(10-13)19(20)17-8-7-15-5-3-4-6-16(15)12-17/h3-6,13-14,17-20H,7-12H2,1-2H3. The molecular weight excluding hydrogens is 244 g/mol. The predicted octanol–water partition coefficient (Wildman–Crippen LogP) is 4.22. The number of aliphatic hydroxyl groups excluding tert-OH is 1. The minimum atomic E-state index is -0.0893. The Labute approximate surface area is 123 Å². The molecule has 2 aliphatic carbocycles. The minimum absolute atomic E-state index is 0.0893. The lowest BCUT2D eigenvalue weighted by molar-refractivity contribution is 0.00832. The first-order valence-electron chi connectivity index (χ1n) is 8.38. The summed E-state index contributed by atoms with van der Waals surface area (Å²) in [5.41, 5.74) is 2.97. The van der Waals surface area contributed by atoms with Crippen molar-refractivity contribution in [2.24, 2.45) is 23.7 Å². The van der Waals surface area contributed by atoms with E-state index in [4.69, 9.17) is 0 Å². The Morgan fingerprint density at radius 2 is 1.60 bits per heavy atom. The third kappa shape index (κ3) is 2.93. The van der Waals surface area contributed by atoms with Gasteiger partial charge >= 0.3 is 0 Å². The molecular formula is C19H28O. The van der Waals surface area contributed by atoms with Gasteiger partial charge in [0.15, 0.2) is 0 Å². The highest BCUT2D eigenvalue weighted by Gasteiger charge is 2.34. The van der Waals surface area contributed by atoms with Crippen LogP contribution < -0.4 is 0 Å². The normalized spacial score (nSPS) is 35.4. The summed E-state index contributed by atoms with van der Waals surface area (Å²) in [6.07, 6.45) is 7.10. The fourth-order valence-corrected chi connectivity index (χ4v) is 4.69. The second kappa shape index (κ2) is 5.89. The van der Waals surface area contributed by atoms with Crippen LogP contribution in [0.5, 0.6) is 0 Å². The number of benzene rings is 1. The molecule has 4 atom stereocenters. The molecule has 1 nitrogen and oxygen atoms in total. The number of rotatable bonds is 2. The van der Waals surface area contributed by atoms with Crippen LogP contribution in [-0.4, -0.2) is 11.2 Å². The van der Waals surface area contributed by atoms with Crippen molar-refractivity contribution in [2.75, 3.05) is 0 Å². The lowest BCUT2D eigenvalue weighted by Crippen LogP contribution is -2.37. The Kier molecular flexibility index (Phi) is 4.16. The fourth-order valence-electron chi connectivity index (χ4n) is 4.69. The molecule has 0 aliphatic heterocycles. The average molecular weight is 272 g/mol. The fraction of sp³-hybridized carbons (Fsp3) is 0.684. The largest absolute Gasteiger partial charge is 0.393 e. The molecule has 0 saturated heterocycles. The van der Waals surface area contributed by atoms with Crippen LogP contribution in [0.4, 0.5) is 0 Å². The maximum Gasteiger partial charge on any atom is 0.0600 e. The SMILES string of the molecule is CC1CC(C)CC(C(O)C2CCc3ccccc3C2)C1. The van der Waals surface area contributed by atoms with Gasteiger partial charge in [0.05, 0.1) is 6.10 Å². The van der Waals surface area contributed by atoms with Crippen LogP contribution in [0.2, 0.25) is 0 Å². The first kappa shape index (κ1) is 14.1. The van der Waals surface area contributed by atoms with Gasteiger partial charge in [-0.3, -0.25) is 0 Å². The molecule has 1 fully saturated rings. The van der Waals surface area contributed by atoms with E-state index in [0.29, 0.717) is 11.8 Å². The summed E-state index contributed by atoms with van der Waals surface area (Å²) < 4.78 is 0. The highest BCUT2D eigenvalue weighted by atomic mass is 16.3. The average Bonchev–Trinajstić information content (AvgIpc) is 2.45. The molecule has 0 heterocycles. The molecule has 1 aromatic rings. The third-order valence-electron chi connectivity index (χ3n) is 5.57. The van der Waals surface area contributed by atoms with Crippen LogP contribution in [0.3, 0.4) is 0 Å². The van der Waals surface area contributed by atoms with Gasteiger partial charge < -0.3 is 5.11 Å². The van der Waals surface area contributed by atoms with Gasteiger partial charge in [-0.15, -0.1) is 0 Å². The van der Waals surface area contributed by atoms with E-state index in [-0.39, 0.29) is 6.10 Å². The van der Waals surface area contributed by atoms with Crippen LogP contribution >= 0.6 is 0 Å². The number of aryl methyl sites for hydroxylation is 1. The monoisotopic (exact) mass is 272 g/mol. The quantitative estimate of drug-likeness (QED) is 0.854. The van der Waals surface area contributed by atoms with Gasteiger partial charge in [-0.25, -0.2) is 0 Å². The summed E-state index contributed by atoms with van der Waals surface area (Å²) in [4.78, 5) is 0. The van der Waals surface area contributed by atoms with E-state index >= 15 is 0 Å². The first-order chi connectivity index (χ1) is 9.63. The smallest absolute Gasteiger partial charge is 0.0600 e. The molecule has 0 spiro atoms. The molecule has 3 rings (SSSR count). The van der Waals surface area contributed by atoms with E-state index in [9.17, 15) is 5.11 Å². The van der Waals surface area contributed by atoms with Crippen molar-refractivity contribution in [2.45, 2.75) is 58.5 Å². The summed E-state index contributed by atoms with van der Waals surface area (Å²) in [7, 11) is 0. The van der Waals surface area contributed by atoms with Crippen molar-refractivity contribution >= 4 is 0 Å². The molecule has 0 aromatic heterocycles. The Balaban J connectivity index is 1.68. The Bertz CT molecular complexity index is 443. The number of hydrogen-bond donors (Lipinski definition) is 1. The molecule has 0 radical (unpaired) electrons. The van der Waals surface area contributed by atoms with Gasteiger partial charge in [-0.05, 0) is 73.3 Å². The topological polar surface area (TPSA) is 20.2 Å². The summed E-state index contributed by atoms with van der Waals surface area (Å²) >= 11 is 0. The Morgan fingerprint density at radius 1 is 0.950 bits per heavy atom. The second-order valence-electron chi connectivity index (χ2n) is 7.44. The van der Waals surface area contributed by atoms with Gasteiger partial charge in [0.25, 0.3) is 0 Å². The zero-order valence-corrected chi connectivity index (χ0v) is 12.9. The third-order valence-corrected chi connectivity index (χ3v) is 5.57. The van der Waals surface area contributed by atoms with Crippen molar-refractivity contribution in [3.8, 4) is 0 Å². The van der Waals surface area contributed by atoms with Crippen LogP contribution in [0, 0.1) is 23.7 Å². The van der Waals surface area contributed by atoms with E-state index in [1.807, 2.05) is 0 Å². The lowest BCUT2D eigenvalue weighted by Gasteiger charge is -2.39. The van der Waals surface area contributed by atoms with E-state index in [1.54, 1.807) is 0 Å². The predicted molar refractivity (Wildman–Crippen MR) is 83.6 cm³/mol. The van der Waals surface area contributed by atoms with Crippen LogP contribution in [-0.2, 0) is 12.8 Å². The summed E-state index contributed by atoms with van der Waals surface area (Å²) in [6.45, 7) is 4.71. The number of fused-ring (bicyclic) bond motifs is 1. The van der Waals surface area contributed by atoms with E-state index < -0.39 is 0 Å². The van der Waals surface area contributed by atoms with Gasteiger partial charge in [-0.1, -0.05) is 38.1 Å². The van der Waals surface area contributed by atoms with Crippen LogP contribution in [0.15, 0.2) is 24.3 Å². The van der Waals surface area contributed by atoms with Crippen molar-refractivity contribution in [3.63, 3.8) is 0 Å². The number of hydrogen-bond acceptors (Lipinski definition) is 1. The van der Waals surface area contributed by atoms with Crippen molar-refractivity contribution in [1.82, 2.24) is 0 Å². The summed E-state index contributed by atoms with van der Waals surface area (Å²) in [6, 6.07) is 8.78. The van der Waals surface area contributed by atoms with Crippen molar-refractivity contribution in [1.29, 1.82) is 0 Å². The van der Waals surface area contributed by atoms with Crippen LogP contribution in [0.25, 0.3) is 0 Å². The van der Waals surface area contributed by atoms with E-state index in [1.165, 1.54) is 30.4 Å². The van der Waals surface area contributed by atoms with Gasteiger partial charge in [-0.2, -0.15) is 0 Å². The van der Waals surface area contributed by atoms with Crippen LogP contribution in [0.1, 0.15) is 50.7 Å². The molecule has 110 valence electrons. The molecule has 4 unspecified atom stereocenters. The molecule has 1 saturated carbocycles. The zero-order valence-electron chi connectivity index (χ0n) is 12.9. The minimum Gasteiger partial charge on any atom is -0.393 e. The Morgan fingerprint density at radius 3 is 2.30 bits per heavy atom. The molecule has 1 N–H and O–H groups in total. The Hall–Kier alpha value is -0.820. The highest BCUT2D eigenvalue weighted by molar-refractivity contribution is 5.29. The van der Waals surface area contributed by atoms with Gasteiger partial charge in [0.1, 0.15) is 0 Å². The molecule has 1 aromatic carbocycles. The maximum absolute atomic E-state index is 10.9. The van der Waals surface area contributed by atoms with Crippen molar-refractivity contribution in [3.05, 3.63) is 35.4 Å². The molecule has 20 heavy (non-hydrogen) atoms.